The van der Waals surface area contributed by atoms with Gasteiger partial charge in [0.2, 0.25) is 10.0 Å². The van der Waals surface area contributed by atoms with Gasteiger partial charge in [0.15, 0.2) is 5.17 Å². The summed E-state index contributed by atoms with van der Waals surface area (Å²) in [4.78, 5) is 19.9. The summed E-state index contributed by atoms with van der Waals surface area (Å²) in [6.45, 7) is 3.69. The normalized spacial score (nSPS) is 19.9. The molecule has 0 aliphatic carbocycles. The zero-order chi connectivity index (χ0) is 26.1. The van der Waals surface area contributed by atoms with Crippen molar-refractivity contribution in [3.63, 3.8) is 0 Å². The highest BCUT2D eigenvalue weighted by Crippen LogP contribution is 2.34. The first-order chi connectivity index (χ1) is 18.5. The van der Waals surface area contributed by atoms with Crippen molar-refractivity contribution in [1.82, 2.24) is 19.0 Å². The van der Waals surface area contributed by atoms with E-state index in [2.05, 4.69) is 9.89 Å². The van der Waals surface area contributed by atoms with Gasteiger partial charge >= 0.3 is 0 Å². The average Bonchev–Trinajstić information content (AvgIpc) is 3.71. The standard InChI is InChI=1S/C27H27N5O4S2/c33-26-24(37-27(28-26)30-13-15-36-16-14-30)18-21-19-32(22-8-2-1-3-9-22)29-25(21)20-7-6-10-23(17-20)38(34,35)31-11-4-5-12-31/h1-3,6-10,17-19H,4-5,11-16H2/b24-18-. The number of carbonyl (C=O) groups excluding carboxylic acids is 1. The van der Waals surface area contributed by atoms with Crippen LogP contribution in [0.2, 0.25) is 0 Å². The van der Waals surface area contributed by atoms with Gasteiger partial charge in [-0.2, -0.15) is 14.4 Å². The third kappa shape index (κ3) is 4.94. The number of ether oxygens (including phenoxy) is 1. The van der Waals surface area contributed by atoms with Crippen LogP contribution in [0.1, 0.15) is 18.4 Å². The van der Waals surface area contributed by atoms with E-state index in [9.17, 15) is 13.2 Å². The number of amides is 1. The fraction of sp³-hybridized carbons (Fsp3) is 0.296. The minimum Gasteiger partial charge on any atom is -0.378 e. The van der Waals surface area contributed by atoms with Crippen molar-refractivity contribution in [3.8, 4) is 16.9 Å². The van der Waals surface area contributed by atoms with Crippen LogP contribution in [0, 0.1) is 0 Å². The molecule has 0 bridgehead atoms. The lowest BCUT2D eigenvalue weighted by Gasteiger charge is -2.27. The number of amidine groups is 1. The van der Waals surface area contributed by atoms with Gasteiger partial charge in [0.05, 0.1) is 28.7 Å². The molecule has 2 fully saturated rings. The number of carbonyl (C=O) groups is 1. The van der Waals surface area contributed by atoms with Crippen molar-refractivity contribution in [2.75, 3.05) is 39.4 Å². The quantitative estimate of drug-likeness (QED) is 0.449. The van der Waals surface area contributed by atoms with E-state index in [4.69, 9.17) is 9.84 Å². The highest BCUT2D eigenvalue weighted by molar-refractivity contribution is 8.18. The summed E-state index contributed by atoms with van der Waals surface area (Å²) in [7, 11) is -3.59. The van der Waals surface area contributed by atoms with Crippen molar-refractivity contribution < 1.29 is 17.9 Å². The summed E-state index contributed by atoms with van der Waals surface area (Å²) in [5.41, 5.74) is 2.82. The fourth-order valence-corrected chi connectivity index (χ4v) is 7.26. The number of thioether (sulfide) groups is 1. The molecule has 0 spiro atoms. The topological polar surface area (TPSA) is 97.1 Å². The lowest BCUT2D eigenvalue weighted by Crippen LogP contribution is -2.38. The number of hydrogen-bond donors (Lipinski definition) is 0. The van der Waals surface area contributed by atoms with Gasteiger partial charge < -0.3 is 9.64 Å². The second kappa shape index (κ2) is 10.5. The van der Waals surface area contributed by atoms with Crippen LogP contribution in [0.3, 0.4) is 0 Å². The predicted octanol–water partition coefficient (Wildman–Crippen LogP) is 3.63. The van der Waals surface area contributed by atoms with Gasteiger partial charge in [-0.15, -0.1) is 0 Å². The van der Waals surface area contributed by atoms with Gasteiger partial charge in [0.25, 0.3) is 5.91 Å². The lowest BCUT2D eigenvalue weighted by atomic mass is 10.1. The van der Waals surface area contributed by atoms with Gasteiger partial charge in [-0.25, -0.2) is 13.1 Å². The molecule has 0 unspecified atom stereocenters. The third-order valence-electron chi connectivity index (χ3n) is 6.75. The molecule has 0 saturated carbocycles. The van der Waals surface area contributed by atoms with E-state index >= 15 is 0 Å². The molecule has 3 aromatic rings. The first-order valence-corrected chi connectivity index (χ1v) is 14.9. The maximum Gasteiger partial charge on any atom is 0.286 e. The molecule has 9 nitrogen and oxygen atoms in total. The Labute approximate surface area is 225 Å². The Morgan fingerprint density at radius 1 is 0.947 bits per heavy atom. The first kappa shape index (κ1) is 25.1. The Morgan fingerprint density at radius 2 is 1.71 bits per heavy atom. The Bertz CT molecular complexity index is 1520. The average molecular weight is 550 g/mol. The number of aromatic nitrogens is 2. The van der Waals surface area contributed by atoms with Crippen molar-refractivity contribution in [2.24, 2.45) is 4.99 Å². The summed E-state index contributed by atoms with van der Waals surface area (Å²) in [5.74, 6) is -0.291. The maximum atomic E-state index is 13.2. The summed E-state index contributed by atoms with van der Waals surface area (Å²) in [6, 6.07) is 16.6. The number of rotatable bonds is 5. The lowest BCUT2D eigenvalue weighted by molar-refractivity contribution is -0.113. The zero-order valence-electron chi connectivity index (χ0n) is 20.7. The molecular formula is C27H27N5O4S2. The molecule has 4 heterocycles. The van der Waals surface area contributed by atoms with E-state index in [0.717, 1.165) is 18.5 Å². The monoisotopic (exact) mass is 549 g/mol. The number of morpholine rings is 1. The smallest absolute Gasteiger partial charge is 0.286 e. The van der Waals surface area contributed by atoms with E-state index in [1.54, 1.807) is 29.0 Å². The van der Waals surface area contributed by atoms with Gasteiger partial charge in [-0.3, -0.25) is 4.79 Å². The number of sulfonamides is 1. The first-order valence-electron chi connectivity index (χ1n) is 12.6. The second-order valence-corrected chi connectivity index (χ2v) is 12.2. The molecular weight excluding hydrogens is 522 g/mol. The van der Waals surface area contributed by atoms with Crippen LogP contribution in [-0.2, 0) is 19.6 Å². The van der Waals surface area contributed by atoms with Crippen LogP contribution in [0.25, 0.3) is 23.0 Å². The number of nitrogens with zero attached hydrogens (tertiary/aromatic N) is 5. The summed E-state index contributed by atoms with van der Waals surface area (Å²) in [5, 5.41) is 5.51. The van der Waals surface area contributed by atoms with Crippen molar-refractivity contribution in [3.05, 3.63) is 71.3 Å². The summed E-state index contributed by atoms with van der Waals surface area (Å²) < 4.78 is 35.2. The highest BCUT2D eigenvalue weighted by Gasteiger charge is 2.29. The van der Waals surface area contributed by atoms with E-state index in [0.29, 0.717) is 66.3 Å². The molecule has 6 rings (SSSR count). The largest absolute Gasteiger partial charge is 0.378 e. The molecule has 1 aromatic heterocycles. The summed E-state index contributed by atoms with van der Waals surface area (Å²) >= 11 is 1.35. The van der Waals surface area contributed by atoms with Crippen LogP contribution in [0.15, 0.2) is 75.6 Å². The Kier molecular flexibility index (Phi) is 6.91. The zero-order valence-corrected chi connectivity index (χ0v) is 22.3. The molecule has 3 aliphatic rings. The fourth-order valence-electron chi connectivity index (χ4n) is 4.74. The second-order valence-electron chi connectivity index (χ2n) is 9.26. The Hall–Kier alpha value is -3.25. The molecule has 11 heteroatoms. The number of hydrogen-bond acceptors (Lipinski definition) is 7. The van der Waals surface area contributed by atoms with E-state index < -0.39 is 10.0 Å². The van der Waals surface area contributed by atoms with Crippen molar-refractivity contribution in [2.45, 2.75) is 17.7 Å². The van der Waals surface area contributed by atoms with Crippen molar-refractivity contribution >= 4 is 38.9 Å². The van der Waals surface area contributed by atoms with Gasteiger partial charge in [0.1, 0.15) is 5.69 Å². The summed E-state index contributed by atoms with van der Waals surface area (Å²) in [6.07, 6.45) is 5.41. The van der Waals surface area contributed by atoms with Crippen LogP contribution in [0.5, 0.6) is 0 Å². The van der Waals surface area contributed by atoms with Crippen LogP contribution >= 0.6 is 11.8 Å². The number of benzene rings is 2. The Balaban J connectivity index is 1.38. The molecule has 3 aliphatic heterocycles. The van der Waals surface area contributed by atoms with Gasteiger partial charge in [0, 0.05) is 43.5 Å². The number of para-hydroxylation sites is 1. The molecule has 0 atom stereocenters. The van der Waals surface area contributed by atoms with E-state index in [-0.39, 0.29) is 10.8 Å². The Morgan fingerprint density at radius 3 is 2.47 bits per heavy atom. The molecule has 2 aromatic carbocycles. The van der Waals surface area contributed by atoms with E-state index in [1.165, 1.54) is 16.1 Å². The number of aliphatic imine (C=N–C) groups is 1. The van der Waals surface area contributed by atoms with E-state index in [1.807, 2.05) is 42.6 Å². The molecule has 196 valence electrons. The van der Waals surface area contributed by atoms with Crippen molar-refractivity contribution in [1.29, 1.82) is 0 Å². The molecule has 1 amide bonds. The predicted molar refractivity (Wildman–Crippen MR) is 147 cm³/mol. The minimum atomic E-state index is -3.59. The van der Waals surface area contributed by atoms with Crippen LogP contribution < -0.4 is 0 Å². The maximum absolute atomic E-state index is 13.2. The SMILES string of the molecule is O=C1N=C(N2CCOCC2)S/C1=C\c1cn(-c2ccccc2)nc1-c1cccc(S(=O)(=O)N2CCCC2)c1. The molecule has 38 heavy (non-hydrogen) atoms. The van der Waals surface area contributed by atoms with Gasteiger partial charge in [-0.05, 0) is 54.9 Å². The van der Waals surface area contributed by atoms with Crippen LogP contribution in [-0.4, -0.2) is 77.9 Å². The van der Waals surface area contributed by atoms with Crippen LogP contribution in [0.4, 0.5) is 0 Å². The highest BCUT2D eigenvalue weighted by atomic mass is 32.2. The molecule has 2 saturated heterocycles. The minimum absolute atomic E-state index is 0.244. The molecule has 0 radical (unpaired) electrons. The third-order valence-corrected chi connectivity index (χ3v) is 9.69. The molecule has 0 N–H and O–H groups in total. The van der Waals surface area contributed by atoms with Gasteiger partial charge in [-0.1, -0.05) is 30.3 Å².